The smallest absolute Gasteiger partial charge is 0.393 e. The quantitative estimate of drug-likeness (QED) is 0.729. The maximum absolute atomic E-state index is 11.8. The van der Waals surface area contributed by atoms with Gasteiger partial charge in [0.2, 0.25) is 0 Å². The Balaban J connectivity index is 0.000000960. The summed E-state index contributed by atoms with van der Waals surface area (Å²) in [6, 6.07) is 0. The average Bonchev–Trinajstić information content (AvgIpc) is 2.76. The van der Waals surface area contributed by atoms with Crippen LogP contribution in [-0.2, 0) is 4.79 Å². The first-order valence-electron chi connectivity index (χ1n) is 8.87. The minimum atomic E-state index is -0.0823. The summed E-state index contributed by atoms with van der Waals surface area (Å²) in [6.45, 7) is 4.76. The van der Waals surface area contributed by atoms with E-state index in [0.717, 1.165) is 37.5 Å². The molecule has 3 fully saturated rings. The normalized spacial score (nSPS) is 52.7. The van der Waals surface area contributed by atoms with Gasteiger partial charge in [-0.25, -0.2) is 0 Å². The van der Waals surface area contributed by atoms with Crippen LogP contribution in [-0.4, -0.2) is 17.0 Å². The van der Waals surface area contributed by atoms with Crippen LogP contribution in [0.2, 0.25) is 0 Å². The molecule has 0 saturated heterocycles. The number of ketones is 1. The summed E-state index contributed by atoms with van der Waals surface area (Å²) in [4.78, 5) is 11.8. The van der Waals surface area contributed by atoms with E-state index in [1.165, 1.54) is 31.3 Å². The number of allylic oxidation sites excluding steroid dienone is 1. The summed E-state index contributed by atoms with van der Waals surface area (Å²) in [6.07, 6.45) is 10.7. The molecule has 0 unspecified atom stereocenters. The van der Waals surface area contributed by atoms with Crippen molar-refractivity contribution < 1.29 is 12.8 Å². The van der Waals surface area contributed by atoms with Gasteiger partial charge in [0.25, 0.3) is 0 Å². The number of aliphatic hydroxyl groups excluding tert-OH is 1. The van der Waals surface area contributed by atoms with Gasteiger partial charge in [-0.05, 0) is 79.6 Å². The van der Waals surface area contributed by atoms with E-state index < -0.39 is 0 Å². The molecule has 0 aromatic carbocycles. The van der Waals surface area contributed by atoms with Crippen molar-refractivity contribution in [3.05, 3.63) is 11.6 Å². The number of fused-ring (bicyclic) bond motifs is 5. The Morgan fingerprint density at radius 1 is 1.10 bits per heavy atom. The highest BCUT2D eigenvalue weighted by atomic mass is 16.3. The third-order valence-corrected chi connectivity index (χ3v) is 7.91. The van der Waals surface area contributed by atoms with Gasteiger partial charge in [0.15, 0.2) is 5.78 Å². The minimum Gasteiger partial charge on any atom is -0.393 e. The lowest BCUT2D eigenvalue weighted by Crippen LogP contribution is -2.51. The minimum absolute atomic E-state index is 0. The molecule has 0 heterocycles. The molecule has 1 N–H and O–H groups in total. The van der Waals surface area contributed by atoms with E-state index in [9.17, 15) is 9.90 Å². The topological polar surface area (TPSA) is 37.3 Å². The van der Waals surface area contributed by atoms with Crippen LogP contribution < -0.4 is 0 Å². The van der Waals surface area contributed by atoms with E-state index in [1.807, 2.05) is 6.08 Å². The largest absolute Gasteiger partial charge is 1.00 e. The number of hydrogen-bond acceptors (Lipinski definition) is 2. The lowest BCUT2D eigenvalue weighted by Gasteiger charge is -2.57. The third-order valence-electron chi connectivity index (χ3n) is 7.91. The summed E-state index contributed by atoms with van der Waals surface area (Å²) in [7, 11) is 0. The molecular weight excluding hydrogens is 260 g/mol. The molecule has 0 amide bonds. The van der Waals surface area contributed by atoms with Gasteiger partial charge in [-0.2, -0.15) is 0 Å². The second-order valence-corrected chi connectivity index (χ2v) is 8.61. The number of rotatable bonds is 0. The highest BCUT2D eigenvalue weighted by Crippen LogP contribution is 2.65. The Kier molecular flexibility index (Phi) is 2.96. The summed E-state index contributed by atoms with van der Waals surface area (Å²) in [5, 5.41) is 10.4. The van der Waals surface area contributed by atoms with Gasteiger partial charge in [0.1, 0.15) is 0 Å². The lowest BCUT2D eigenvalue weighted by molar-refractivity contribution is -0.118. The molecule has 0 aromatic heterocycles. The predicted octanol–water partition coefficient (Wildman–Crippen LogP) is 4.10. The van der Waals surface area contributed by atoms with Gasteiger partial charge in [0, 0.05) is 6.42 Å². The molecule has 2 nitrogen and oxygen atoms in total. The van der Waals surface area contributed by atoms with E-state index in [2.05, 4.69) is 13.8 Å². The molecular formula is C19H30O2+2. The van der Waals surface area contributed by atoms with Crippen LogP contribution in [0.4, 0.5) is 0 Å². The van der Waals surface area contributed by atoms with Crippen LogP contribution in [0, 0.1) is 28.6 Å². The van der Waals surface area contributed by atoms with E-state index in [-0.39, 0.29) is 19.8 Å². The van der Waals surface area contributed by atoms with E-state index >= 15 is 0 Å². The number of carbonyl (C=O) groups is 1. The maximum atomic E-state index is 11.8. The second kappa shape index (κ2) is 4.44. The van der Waals surface area contributed by atoms with Crippen molar-refractivity contribution in [2.24, 2.45) is 28.6 Å². The fourth-order valence-corrected chi connectivity index (χ4v) is 6.53. The van der Waals surface area contributed by atoms with Gasteiger partial charge in [-0.3, -0.25) is 4.79 Å². The molecule has 4 aliphatic rings. The van der Waals surface area contributed by atoms with Crippen LogP contribution in [0.5, 0.6) is 0 Å². The first-order chi connectivity index (χ1) is 9.95. The number of carbonyl (C=O) groups excluding carboxylic acids is 1. The molecule has 4 rings (SSSR count). The Labute approximate surface area is 131 Å². The van der Waals surface area contributed by atoms with E-state index in [4.69, 9.17) is 0 Å². The molecule has 4 aliphatic carbocycles. The van der Waals surface area contributed by atoms with Crippen molar-refractivity contribution in [1.82, 2.24) is 0 Å². The molecule has 21 heavy (non-hydrogen) atoms. The molecule has 3 saturated carbocycles. The molecule has 116 valence electrons. The zero-order chi connectivity index (χ0) is 14.8. The van der Waals surface area contributed by atoms with Gasteiger partial charge in [-0.1, -0.05) is 19.4 Å². The van der Waals surface area contributed by atoms with Crippen LogP contribution in [0.15, 0.2) is 11.6 Å². The van der Waals surface area contributed by atoms with Crippen LogP contribution in [0.1, 0.15) is 68.1 Å². The standard InChI is InChI=1S/C19H28O2/c1-18-9-7-13(20)11-12(18)3-4-14-15-5-6-17(21)19(15,2)10-8-16(14)18/h11,14-17,21H,3-10H2,1-2H3/p+2/t14-,15-,16-,17-,18-,19-/m0/s1. The highest BCUT2D eigenvalue weighted by Gasteiger charge is 2.58. The molecule has 0 radical (unpaired) electrons. The first kappa shape index (κ1) is 14.0. The molecule has 0 aromatic rings. The number of aliphatic hydroxyl groups is 1. The molecule has 0 aliphatic heterocycles. The van der Waals surface area contributed by atoms with Crippen LogP contribution >= 0.6 is 0 Å². The van der Waals surface area contributed by atoms with Crippen LogP contribution in [0.3, 0.4) is 0 Å². The van der Waals surface area contributed by atoms with Crippen molar-refractivity contribution >= 4 is 5.78 Å². The fraction of sp³-hybridized carbons (Fsp3) is 0.842. The molecule has 2 heteroatoms. The highest BCUT2D eigenvalue weighted by molar-refractivity contribution is 5.91. The Morgan fingerprint density at radius 2 is 1.90 bits per heavy atom. The molecule has 6 atom stereocenters. The summed E-state index contributed by atoms with van der Waals surface area (Å²) in [5.41, 5.74) is 1.89. The Hall–Kier alpha value is -0.630. The van der Waals surface area contributed by atoms with Crippen molar-refractivity contribution in [2.45, 2.75) is 71.3 Å². The zero-order valence-corrected chi connectivity index (χ0v) is 13.4. The monoisotopic (exact) mass is 290 g/mol. The SMILES string of the molecule is C[C@]12CC[C@H]3[C@@H](CCC4=CC(=O)CC[C@@]43C)[C@@H]1CC[C@@H]2O.[H+].[H+]. The summed E-state index contributed by atoms with van der Waals surface area (Å²) >= 11 is 0. The first-order valence-corrected chi connectivity index (χ1v) is 8.87. The van der Waals surface area contributed by atoms with Gasteiger partial charge < -0.3 is 5.11 Å². The Bertz CT molecular complexity index is 517. The zero-order valence-electron chi connectivity index (χ0n) is 15.4. The van der Waals surface area contributed by atoms with Gasteiger partial charge in [-0.15, -0.1) is 0 Å². The van der Waals surface area contributed by atoms with Crippen molar-refractivity contribution in [2.75, 3.05) is 0 Å². The van der Waals surface area contributed by atoms with Crippen LogP contribution in [0.25, 0.3) is 0 Å². The molecule has 0 spiro atoms. The molecule has 0 bridgehead atoms. The van der Waals surface area contributed by atoms with Gasteiger partial charge >= 0.3 is 2.85 Å². The van der Waals surface area contributed by atoms with E-state index in [1.54, 1.807) is 0 Å². The number of hydrogen-bond donors (Lipinski definition) is 1. The third kappa shape index (κ3) is 1.78. The maximum Gasteiger partial charge on any atom is 1.00 e. The lowest BCUT2D eigenvalue weighted by atomic mass is 9.47. The van der Waals surface area contributed by atoms with Gasteiger partial charge in [0.05, 0.1) is 6.10 Å². The summed E-state index contributed by atoms with van der Waals surface area (Å²) < 4.78 is 0. The fourth-order valence-electron chi connectivity index (χ4n) is 6.53. The van der Waals surface area contributed by atoms with Crippen molar-refractivity contribution in [1.29, 1.82) is 0 Å². The summed E-state index contributed by atoms with van der Waals surface area (Å²) in [5.74, 6) is 2.57. The van der Waals surface area contributed by atoms with E-state index in [0.29, 0.717) is 11.7 Å². The second-order valence-electron chi connectivity index (χ2n) is 8.61. The average molecular weight is 290 g/mol. The van der Waals surface area contributed by atoms with Crippen molar-refractivity contribution in [3.63, 3.8) is 0 Å². The van der Waals surface area contributed by atoms with Crippen molar-refractivity contribution in [3.8, 4) is 0 Å². The predicted molar refractivity (Wildman–Crippen MR) is 84.9 cm³/mol. The Morgan fingerprint density at radius 3 is 2.71 bits per heavy atom.